The van der Waals surface area contributed by atoms with Crippen molar-refractivity contribution in [2.45, 2.75) is 25.4 Å². The Morgan fingerprint density at radius 2 is 2.04 bits per heavy atom. The van der Waals surface area contributed by atoms with Gasteiger partial charge in [-0.2, -0.15) is 0 Å². The summed E-state index contributed by atoms with van der Waals surface area (Å²) in [5.74, 6) is 0.582. The van der Waals surface area contributed by atoms with Crippen LogP contribution in [0.25, 0.3) is 11.3 Å². The molecule has 0 saturated carbocycles. The van der Waals surface area contributed by atoms with Crippen molar-refractivity contribution < 1.29 is 17.9 Å². The molecular formula is C18H22N4O4S. The molecule has 0 atom stereocenters. The number of sulfonamides is 1. The highest BCUT2D eigenvalue weighted by molar-refractivity contribution is 7.88. The van der Waals surface area contributed by atoms with E-state index in [0.717, 1.165) is 17.0 Å². The Balaban J connectivity index is 1.48. The first-order valence-electron chi connectivity index (χ1n) is 8.95. The van der Waals surface area contributed by atoms with Crippen LogP contribution in [0.15, 0.2) is 30.7 Å². The van der Waals surface area contributed by atoms with Gasteiger partial charge in [-0.3, -0.25) is 4.79 Å². The summed E-state index contributed by atoms with van der Waals surface area (Å²) in [6, 6.07) is 5.37. The van der Waals surface area contributed by atoms with Crippen LogP contribution >= 0.6 is 0 Å². The zero-order chi connectivity index (χ0) is 19.0. The largest absolute Gasteiger partial charge is 0.491 e. The summed E-state index contributed by atoms with van der Waals surface area (Å²) in [6.07, 6.45) is 5.97. The third kappa shape index (κ3) is 3.70. The van der Waals surface area contributed by atoms with E-state index in [9.17, 15) is 13.2 Å². The van der Waals surface area contributed by atoms with Crippen molar-refractivity contribution in [3.63, 3.8) is 0 Å². The van der Waals surface area contributed by atoms with Crippen LogP contribution in [0.1, 0.15) is 23.2 Å². The van der Waals surface area contributed by atoms with Gasteiger partial charge in [-0.05, 0) is 31.0 Å². The van der Waals surface area contributed by atoms with E-state index < -0.39 is 10.0 Å². The van der Waals surface area contributed by atoms with Gasteiger partial charge in [0.15, 0.2) is 0 Å². The van der Waals surface area contributed by atoms with Crippen molar-refractivity contribution in [1.82, 2.24) is 19.2 Å². The fourth-order valence-corrected chi connectivity index (χ4v) is 4.45. The number of nitrogens with one attached hydrogen (secondary N) is 1. The minimum atomic E-state index is -3.17. The fraction of sp³-hybridized carbons (Fsp3) is 0.444. The average molecular weight is 390 g/mol. The van der Waals surface area contributed by atoms with Gasteiger partial charge in [0, 0.05) is 30.3 Å². The monoisotopic (exact) mass is 390 g/mol. The summed E-state index contributed by atoms with van der Waals surface area (Å²) in [5, 5.41) is 3.02. The van der Waals surface area contributed by atoms with Gasteiger partial charge in [-0.25, -0.2) is 17.7 Å². The molecule has 27 heavy (non-hydrogen) atoms. The number of ether oxygens (including phenoxy) is 1. The minimum absolute atomic E-state index is 0.0314. The summed E-state index contributed by atoms with van der Waals surface area (Å²) in [7, 11) is -3.17. The summed E-state index contributed by atoms with van der Waals surface area (Å²) in [5.41, 5.74) is 2.33. The molecule has 0 bridgehead atoms. The van der Waals surface area contributed by atoms with Gasteiger partial charge in [-0.1, -0.05) is 0 Å². The van der Waals surface area contributed by atoms with Gasteiger partial charge in [0.1, 0.15) is 12.4 Å². The van der Waals surface area contributed by atoms with Crippen molar-refractivity contribution in [3.8, 4) is 17.0 Å². The molecule has 0 spiro atoms. The van der Waals surface area contributed by atoms with Gasteiger partial charge in [0.25, 0.3) is 5.91 Å². The Kier molecular flexibility index (Phi) is 4.65. The van der Waals surface area contributed by atoms with Crippen LogP contribution in [0, 0.1) is 0 Å². The Hall–Kier alpha value is -2.39. The van der Waals surface area contributed by atoms with Crippen molar-refractivity contribution in [3.05, 3.63) is 36.3 Å². The lowest BCUT2D eigenvalue weighted by Crippen LogP contribution is -2.46. The zero-order valence-electron chi connectivity index (χ0n) is 15.1. The second-order valence-electron chi connectivity index (χ2n) is 6.94. The molecule has 2 aliphatic rings. The third-order valence-electron chi connectivity index (χ3n) is 5.08. The summed E-state index contributed by atoms with van der Waals surface area (Å²) < 4.78 is 32.4. The molecule has 0 radical (unpaired) electrons. The molecule has 144 valence electrons. The molecule has 0 unspecified atom stereocenters. The van der Waals surface area contributed by atoms with E-state index in [0.29, 0.717) is 44.6 Å². The molecule has 1 aromatic carbocycles. The standard InChI is InChI=1S/C18H22N4O4S/c1-27(24,25)22-6-4-14(5-7-22)20-18(23)13-2-3-17-15(10-13)16-11-19-12-21(16)8-9-26-17/h2-3,10-12,14H,4-9H2,1H3,(H,20,23). The van der Waals surface area contributed by atoms with Gasteiger partial charge in [0.05, 0.1) is 31.0 Å². The molecule has 1 fully saturated rings. The van der Waals surface area contributed by atoms with Gasteiger partial charge in [-0.15, -0.1) is 0 Å². The Morgan fingerprint density at radius 1 is 1.26 bits per heavy atom. The predicted octanol–water partition coefficient (Wildman–Crippen LogP) is 1.10. The molecule has 1 N–H and O–H groups in total. The van der Waals surface area contributed by atoms with E-state index >= 15 is 0 Å². The molecule has 2 aromatic rings. The van der Waals surface area contributed by atoms with Crippen molar-refractivity contribution in [1.29, 1.82) is 0 Å². The first-order chi connectivity index (χ1) is 12.9. The molecule has 0 aliphatic carbocycles. The second kappa shape index (κ2) is 6.97. The number of amides is 1. The quantitative estimate of drug-likeness (QED) is 0.847. The van der Waals surface area contributed by atoms with E-state index in [1.807, 2.05) is 16.7 Å². The molecule has 4 rings (SSSR count). The Morgan fingerprint density at radius 3 is 2.78 bits per heavy atom. The predicted molar refractivity (Wildman–Crippen MR) is 100 cm³/mol. The zero-order valence-corrected chi connectivity index (χ0v) is 15.9. The second-order valence-corrected chi connectivity index (χ2v) is 8.92. The van der Waals surface area contributed by atoms with Crippen LogP contribution in [-0.2, 0) is 16.6 Å². The van der Waals surface area contributed by atoms with E-state index in [-0.39, 0.29) is 11.9 Å². The number of imidazole rings is 1. The van der Waals surface area contributed by atoms with Crippen molar-refractivity contribution in [2.75, 3.05) is 26.0 Å². The maximum Gasteiger partial charge on any atom is 0.251 e. The first-order valence-corrected chi connectivity index (χ1v) is 10.8. The van der Waals surface area contributed by atoms with Crippen LogP contribution in [0.5, 0.6) is 5.75 Å². The highest BCUT2D eigenvalue weighted by Crippen LogP contribution is 2.33. The SMILES string of the molecule is CS(=O)(=O)N1CCC(NC(=O)c2ccc3c(c2)-c2cncn2CCO3)CC1. The number of rotatable bonds is 3. The lowest BCUT2D eigenvalue weighted by molar-refractivity contribution is 0.0924. The summed E-state index contributed by atoms with van der Waals surface area (Å²) in [6.45, 7) is 2.13. The number of carbonyl (C=O) groups excluding carboxylic acids is 1. The van der Waals surface area contributed by atoms with Crippen LogP contribution in [-0.4, -0.2) is 60.2 Å². The average Bonchev–Trinajstić information content (AvgIpc) is 3.03. The highest BCUT2D eigenvalue weighted by Gasteiger charge is 2.26. The number of carbonyl (C=O) groups is 1. The first kappa shape index (κ1) is 18.0. The topological polar surface area (TPSA) is 93.5 Å². The van der Waals surface area contributed by atoms with Gasteiger partial charge < -0.3 is 14.6 Å². The number of benzene rings is 1. The number of hydrogen-bond acceptors (Lipinski definition) is 5. The lowest BCUT2D eigenvalue weighted by Gasteiger charge is -2.30. The van der Waals surface area contributed by atoms with Crippen LogP contribution in [0.4, 0.5) is 0 Å². The number of aromatic nitrogens is 2. The summed E-state index contributed by atoms with van der Waals surface area (Å²) in [4.78, 5) is 16.9. The molecular weight excluding hydrogens is 368 g/mol. The minimum Gasteiger partial charge on any atom is -0.491 e. The molecule has 8 nitrogen and oxygen atoms in total. The molecule has 1 saturated heterocycles. The fourth-order valence-electron chi connectivity index (χ4n) is 3.57. The van der Waals surface area contributed by atoms with Crippen LogP contribution in [0.2, 0.25) is 0 Å². The molecule has 2 aliphatic heterocycles. The van der Waals surface area contributed by atoms with Gasteiger partial charge >= 0.3 is 0 Å². The Bertz CT molecular complexity index is 961. The van der Waals surface area contributed by atoms with Gasteiger partial charge in [0.2, 0.25) is 10.0 Å². The van der Waals surface area contributed by atoms with E-state index in [1.54, 1.807) is 18.6 Å². The molecule has 1 amide bonds. The molecule has 3 heterocycles. The number of hydrogen-bond donors (Lipinski definition) is 1. The van der Waals surface area contributed by atoms with Crippen LogP contribution in [0.3, 0.4) is 0 Å². The normalized spacial score (nSPS) is 18.1. The molecule has 9 heteroatoms. The summed E-state index contributed by atoms with van der Waals surface area (Å²) >= 11 is 0. The maximum absolute atomic E-state index is 12.7. The van der Waals surface area contributed by atoms with E-state index in [2.05, 4.69) is 10.3 Å². The smallest absolute Gasteiger partial charge is 0.251 e. The Labute approximate surface area is 158 Å². The maximum atomic E-state index is 12.7. The molecule has 1 aromatic heterocycles. The number of nitrogens with zero attached hydrogens (tertiary/aromatic N) is 3. The highest BCUT2D eigenvalue weighted by atomic mass is 32.2. The third-order valence-corrected chi connectivity index (χ3v) is 6.38. The van der Waals surface area contributed by atoms with E-state index in [4.69, 9.17) is 4.74 Å². The van der Waals surface area contributed by atoms with Crippen LogP contribution < -0.4 is 10.1 Å². The van der Waals surface area contributed by atoms with Crippen molar-refractivity contribution >= 4 is 15.9 Å². The lowest BCUT2D eigenvalue weighted by atomic mass is 10.0. The number of fused-ring (bicyclic) bond motifs is 3. The van der Waals surface area contributed by atoms with Crippen molar-refractivity contribution in [2.24, 2.45) is 0 Å². The van der Waals surface area contributed by atoms with E-state index in [1.165, 1.54) is 10.6 Å². The number of piperidine rings is 1.